The van der Waals surface area contributed by atoms with Crippen LogP contribution in [0.4, 0.5) is 11.4 Å². The lowest BCUT2D eigenvalue weighted by Gasteiger charge is -2.35. The molecule has 1 heterocycles. The highest BCUT2D eigenvalue weighted by molar-refractivity contribution is 8.00. The summed E-state index contributed by atoms with van der Waals surface area (Å²) in [5.41, 5.74) is 2.02. The van der Waals surface area contributed by atoms with Crippen LogP contribution in [-0.4, -0.2) is 49.3 Å². The van der Waals surface area contributed by atoms with E-state index in [4.69, 9.17) is 11.6 Å². The molecule has 0 spiro atoms. The summed E-state index contributed by atoms with van der Waals surface area (Å²) < 4.78 is 0. The first kappa shape index (κ1) is 19.8. The number of amides is 1. The topological polar surface area (TPSA) is 35.6 Å². The molecule has 0 aromatic heterocycles. The Labute approximate surface area is 170 Å². The van der Waals surface area contributed by atoms with Gasteiger partial charge in [-0.05, 0) is 48.5 Å². The summed E-state index contributed by atoms with van der Waals surface area (Å²) in [6, 6.07) is 15.6. The van der Waals surface area contributed by atoms with Gasteiger partial charge in [0, 0.05) is 54.0 Å². The van der Waals surface area contributed by atoms with Gasteiger partial charge in [-0.1, -0.05) is 17.7 Å². The van der Waals surface area contributed by atoms with E-state index in [0.717, 1.165) is 43.3 Å². The van der Waals surface area contributed by atoms with Crippen LogP contribution in [0.5, 0.6) is 0 Å². The molecule has 1 N–H and O–H groups in total. The fraction of sp³-hybridized carbons (Fsp3) is 0.286. The number of piperazine rings is 1. The Hall–Kier alpha value is -1.95. The zero-order chi connectivity index (χ0) is 19.1. The SMILES string of the molecule is C=CCN1CCN(c2ccc(NC(=O)CSc3ccc(Cl)cc3)cc2)CC1. The molecule has 0 bridgehead atoms. The number of carbonyl (C=O) groups is 1. The average Bonchev–Trinajstić information content (AvgIpc) is 2.69. The molecule has 1 amide bonds. The van der Waals surface area contributed by atoms with Crippen molar-refractivity contribution in [2.75, 3.05) is 48.7 Å². The fourth-order valence-electron chi connectivity index (χ4n) is 3.00. The van der Waals surface area contributed by atoms with E-state index < -0.39 is 0 Å². The Bertz CT molecular complexity index is 756. The van der Waals surface area contributed by atoms with Crippen molar-refractivity contribution in [2.24, 2.45) is 0 Å². The van der Waals surface area contributed by atoms with Crippen LogP contribution in [0.25, 0.3) is 0 Å². The summed E-state index contributed by atoms with van der Waals surface area (Å²) in [6.45, 7) is 8.87. The van der Waals surface area contributed by atoms with E-state index in [9.17, 15) is 4.79 Å². The molecule has 0 atom stereocenters. The van der Waals surface area contributed by atoms with Crippen molar-refractivity contribution in [2.45, 2.75) is 4.90 Å². The van der Waals surface area contributed by atoms with Crippen molar-refractivity contribution in [1.82, 2.24) is 4.90 Å². The summed E-state index contributed by atoms with van der Waals surface area (Å²) in [6.07, 6.45) is 1.96. The van der Waals surface area contributed by atoms with E-state index in [0.29, 0.717) is 10.8 Å². The van der Waals surface area contributed by atoms with Gasteiger partial charge in [-0.15, -0.1) is 18.3 Å². The molecule has 1 aliphatic rings. The van der Waals surface area contributed by atoms with Crippen molar-refractivity contribution in [3.05, 3.63) is 66.2 Å². The number of nitrogens with zero attached hydrogens (tertiary/aromatic N) is 2. The minimum Gasteiger partial charge on any atom is -0.369 e. The van der Waals surface area contributed by atoms with Crippen molar-refractivity contribution in [3.8, 4) is 0 Å². The van der Waals surface area contributed by atoms with Crippen LogP contribution >= 0.6 is 23.4 Å². The summed E-state index contributed by atoms with van der Waals surface area (Å²) in [7, 11) is 0. The molecule has 1 saturated heterocycles. The Kier molecular flexibility index (Phi) is 7.21. The molecular weight excluding hydrogens is 378 g/mol. The lowest BCUT2D eigenvalue weighted by Crippen LogP contribution is -2.46. The second-order valence-corrected chi connectivity index (χ2v) is 7.90. The van der Waals surface area contributed by atoms with E-state index in [2.05, 4.69) is 33.8 Å². The third-order valence-electron chi connectivity index (χ3n) is 4.46. The molecule has 0 saturated carbocycles. The maximum atomic E-state index is 12.2. The Morgan fingerprint density at radius 3 is 2.37 bits per heavy atom. The molecule has 0 radical (unpaired) electrons. The van der Waals surface area contributed by atoms with Gasteiger partial charge < -0.3 is 10.2 Å². The first-order valence-electron chi connectivity index (χ1n) is 9.00. The van der Waals surface area contributed by atoms with Crippen molar-refractivity contribution in [3.63, 3.8) is 0 Å². The highest BCUT2D eigenvalue weighted by Gasteiger charge is 2.16. The van der Waals surface area contributed by atoms with Gasteiger partial charge in [-0.3, -0.25) is 9.69 Å². The Balaban J connectivity index is 1.46. The molecule has 2 aromatic rings. The van der Waals surface area contributed by atoms with Crippen LogP contribution in [0, 0.1) is 0 Å². The first-order valence-corrected chi connectivity index (χ1v) is 10.4. The Morgan fingerprint density at radius 1 is 1.07 bits per heavy atom. The zero-order valence-electron chi connectivity index (χ0n) is 15.2. The molecule has 2 aromatic carbocycles. The quantitative estimate of drug-likeness (QED) is 0.551. The van der Waals surface area contributed by atoms with Crippen LogP contribution in [0.1, 0.15) is 0 Å². The number of hydrogen-bond donors (Lipinski definition) is 1. The van der Waals surface area contributed by atoms with Gasteiger partial charge in [0.05, 0.1) is 5.75 Å². The molecule has 1 aliphatic heterocycles. The normalized spacial score (nSPS) is 14.8. The molecule has 142 valence electrons. The van der Waals surface area contributed by atoms with Gasteiger partial charge in [-0.2, -0.15) is 0 Å². The molecule has 4 nitrogen and oxygen atoms in total. The number of hydrogen-bond acceptors (Lipinski definition) is 4. The van der Waals surface area contributed by atoms with Gasteiger partial charge in [0.15, 0.2) is 0 Å². The monoisotopic (exact) mass is 401 g/mol. The number of anilines is 2. The van der Waals surface area contributed by atoms with Gasteiger partial charge in [0.2, 0.25) is 5.91 Å². The maximum Gasteiger partial charge on any atom is 0.234 e. The van der Waals surface area contributed by atoms with Crippen molar-refractivity contribution >= 4 is 40.6 Å². The highest BCUT2D eigenvalue weighted by atomic mass is 35.5. The van der Waals surface area contributed by atoms with Crippen LogP contribution < -0.4 is 10.2 Å². The molecular formula is C21H24ClN3OS. The second-order valence-electron chi connectivity index (χ2n) is 6.41. The van der Waals surface area contributed by atoms with Crippen LogP contribution in [0.3, 0.4) is 0 Å². The maximum absolute atomic E-state index is 12.2. The van der Waals surface area contributed by atoms with Gasteiger partial charge >= 0.3 is 0 Å². The summed E-state index contributed by atoms with van der Waals surface area (Å²) >= 11 is 7.37. The zero-order valence-corrected chi connectivity index (χ0v) is 16.8. The minimum absolute atomic E-state index is 0.0132. The lowest BCUT2D eigenvalue weighted by molar-refractivity contribution is -0.113. The third-order valence-corrected chi connectivity index (χ3v) is 5.72. The van der Waals surface area contributed by atoms with Crippen LogP contribution in [0.2, 0.25) is 5.02 Å². The molecule has 0 unspecified atom stereocenters. The molecule has 0 aliphatic carbocycles. The van der Waals surface area contributed by atoms with E-state index in [1.54, 1.807) is 0 Å². The fourth-order valence-corrected chi connectivity index (χ4v) is 3.83. The van der Waals surface area contributed by atoms with Crippen LogP contribution in [-0.2, 0) is 4.79 Å². The smallest absolute Gasteiger partial charge is 0.234 e. The average molecular weight is 402 g/mol. The van der Waals surface area contributed by atoms with Crippen molar-refractivity contribution in [1.29, 1.82) is 0 Å². The number of rotatable bonds is 7. The van der Waals surface area contributed by atoms with Crippen LogP contribution in [0.15, 0.2) is 66.1 Å². The van der Waals surface area contributed by atoms with Gasteiger partial charge in [-0.25, -0.2) is 0 Å². The molecule has 1 fully saturated rings. The van der Waals surface area contributed by atoms with Gasteiger partial charge in [0.25, 0.3) is 0 Å². The van der Waals surface area contributed by atoms with Crippen molar-refractivity contribution < 1.29 is 4.79 Å². The van der Waals surface area contributed by atoms with E-state index >= 15 is 0 Å². The van der Waals surface area contributed by atoms with E-state index in [1.165, 1.54) is 17.4 Å². The number of thioether (sulfide) groups is 1. The summed E-state index contributed by atoms with van der Waals surface area (Å²) in [5.74, 6) is 0.356. The highest BCUT2D eigenvalue weighted by Crippen LogP contribution is 2.22. The van der Waals surface area contributed by atoms with Gasteiger partial charge in [0.1, 0.15) is 0 Å². The molecule has 6 heteroatoms. The number of benzene rings is 2. The standard InChI is InChI=1S/C21H24ClN3OS/c1-2-11-24-12-14-25(15-13-24)19-7-5-18(6-8-19)23-21(26)16-27-20-9-3-17(22)4-10-20/h2-10H,1,11-16H2,(H,23,26). The predicted octanol–water partition coefficient (Wildman–Crippen LogP) is 4.38. The second kappa shape index (κ2) is 9.83. The molecule has 27 heavy (non-hydrogen) atoms. The first-order chi connectivity index (χ1) is 13.1. The summed E-state index contributed by atoms with van der Waals surface area (Å²) in [5, 5.41) is 3.65. The number of carbonyl (C=O) groups excluding carboxylic acids is 1. The number of nitrogens with one attached hydrogen (secondary N) is 1. The summed E-state index contributed by atoms with van der Waals surface area (Å²) in [4.78, 5) is 18.0. The van der Waals surface area contributed by atoms with E-state index in [1.807, 2.05) is 42.5 Å². The van der Waals surface area contributed by atoms with E-state index in [-0.39, 0.29) is 5.91 Å². The Morgan fingerprint density at radius 2 is 1.74 bits per heavy atom. The lowest BCUT2D eigenvalue weighted by atomic mass is 10.2. The minimum atomic E-state index is -0.0132. The third kappa shape index (κ3) is 6.03. The predicted molar refractivity (Wildman–Crippen MR) is 116 cm³/mol. The number of halogens is 1. The largest absolute Gasteiger partial charge is 0.369 e. The molecule has 3 rings (SSSR count).